The first-order valence-electron chi connectivity index (χ1n) is 6.52. The van der Waals surface area contributed by atoms with Crippen LogP contribution in [0, 0.1) is 9.49 Å². The first kappa shape index (κ1) is 15.3. The average molecular weight is 437 g/mol. The third kappa shape index (κ3) is 3.49. The van der Waals surface area contributed by atoms with Crippen LogP contribution in [0.25, 0.3) is 0 Å². The largest absolute Gasteiger partial charge is 0.338 e. The van der Waals surface area contributed by atoms with Gasteiger partial charge in [-0.2, -0.15) is 0 Å². The minimum absolute atomic E-state index is 0.121. The lowest BCUT2D eigenvalue weighted by molar-refractivity contribution is 0.0648. The van der Waals surface area contributed by atoms with Crippen molar-refractivity contribution in [3.63, 3.8) is 0 Å². The molecule has 3 nitrogen and oxygen atoms in total. The van der Waals surface area contributed by atoms with Crippen LogP contribution in [-0.4, -0.2) is 29.9 Å². The number of halogens is 2. The van der Waals surface area contributed by atoms with Crippen molar-refractivity contribution >= 4 is 44.4 Å². The van der Waals surface area contributed by atoms with E-state index in [2.05, 4.69) is 45.4 Å². The van der Waals surface area contributed by atoms with Gasteiger partial charge >= 0.3 is 0 Å². The van der Waals surface area contributed by atoms with Gasteiger partial charge in [0.25, 0.3) is 5.91 Å². The minimum atomic E-state index is 0.121. The fourth-order valence-corrected chi connectivity index (χ4v) is 3.43. The van der Waals surface area contributed by atoms with Gasteiger partial charge in [-0.1, -0.05) is 29.3 Å². The van der Waals surface area contributed by atoms with Crippen molar-refractivity contribution in [1.29, 1.82) is 0 Å². The molecule has 19 heavy (non-hydrogen) atoms. The molecule has 2 rings (SSSR count). The van der Waals surface area contributed by atoms with Gasteiger partial charge in [-0.05, 0) is 53.1 Å². The summed E-state index contributed by atoms with van der Waals surface area (Å²) < 4.78 is 1.94. The molecule has 2 N–H and O–H groups in total. The predicted molar refractivity (Wildman–Crippen MR) is 89.1 cm³/mol. The summed E-state index contributed by atoms with van der Waals surface area (Å²) in [5.74, 6) is 0.540. The van der Waals surface area contributed by atoms with E-state index in [0.717, 1.165) is 39.5 Å². The van der Waals surface area contributed by atoms with E-state index in [0.29, 0.717) is 5.92 Å². The molecule has 2 unspecified atom stereocenters. The Kier molecular flexibility index (Phi) is 5.25. The van der Waals surface area contributed by atoms with Crippen LogP contribution in [0.5, 0.6) is 0 Å². The average Bonchev–Trinajstić information content (AvgIpc) is 2.41. The van der Waals surface area contributed by atoms with E-state index in [1.54, 1.807) is 0 Å². The van der Waals surface area contributed by atoms with E-state index in [1.165, 1.54) is 0 Å². The summed E-state index contributed by atoms with van der Waals surface area (Å²) in [6.45, 7) is 3.68. The molecule has 1 saturated heterocycles. The molecule has 0 aliphatic carbocycles. The number of rotatable bonds is 2. The maximum atomic E-state index is 12.6. The topological polar surface area (TPSA) is 46.3 Å². The Balaban J connectivity index is 2.18. The maximum Gasteiger partial charge on any atom is 0.254 e. The Morgan fingerprint density at radius 2 is 2.32 bits per heavy atom. The van der Waals surface area contributed by atoms with Crippen LogP contribution in [0.15, 0.2) is 22.7 Å². The van der Waals surface area contributed by atoms with E-state index in [9.17, 15) is 4.79 Å². The third-order valence-corrected chi connectivity index (χ3v) is 5.20. The molecule has 1 heterocycles. The fraction of sp³-hybridized carbons (Fsp3) is 0.500. The lowest BCUT2D eigenvalue weighted by atomic mass is 9.90. The zero-order chi connectivity index (χ0) is 14.0. The first-order valence-corrected chi connectivity index (χ1v) is 8.40. The molecular formula is C14H18BrIN2O. The number of nitrogens with zero attached hydrogens (tertiary/aromatic N) is 1. The van der Waals surface area contributed by atoms with Gasteiger partial charge in [-0.3, -0.25) is 4.79 Å². The van der Waals surface area contributed by atoms with E-state index in [4.69, 9.17) is 5.73 Å². The van der Waals surface area contributed by atoms with Gasteiger partial charge in [0.05, 0.1) is 5.56 Å². The van der Waals surface area contributed by atoms with E-state index in [-0.39, 0.29) is 11.9 Å². The van der Waals surface area contributed by atoms with Gasteiger partial charge < -0.3 is 10.6 Å². The van der Waals surface area contributed by atoms with E-state index >= 15 is 0 Å². The number of benzene rings is 1. The standard InChI is InChI=1S/C14H18BrIN2O/c1-2-9-8-18(6-5-13(9)17)14(19)11-7-10(15)3-4-12(11)16/h3-4,7,9,13H,2,5-6,8,17H2,1H3. The summed E-state index contributed by atoms with van der Waals surface area (Å²) in [7, 11) is 0. The first-order chi connectivity index (χ1) is 9.02. The van der Waals surface area contributed by atoms with Crippen molar-refractivity contribution in [3.05, 3.63) is 31.8 Å². The van der Waals surface area contributed by atoms with Gasteiger partial charge in [0.2, 0.25) is 0 Å². The second-order valence-corrected chi connectivity index (χ2v) is 7.07. The summed E-state index contributed by atoms with van der Waals surface area (Å²) in [5.41, 5.74) is 6.88. The summed E-state index contributed by atoms with van der Waals surface area (Å²) in [5, 5.41) is 0. The second kappa shape index (κ2) is 6.54. The molecule has 0 spiro atoms. The molecule has 1 amide bonds. The van der Waals surface area contributed by atoms with Crippen LogP contribution < -0.4 is 5.73 Å². The van der Waals surface area contributed by atoms with Crippen LogP contribution in [0.2, 0.25) is 0 Å². The van der Waals surface area contributed by atoms with Gasteiger partial charge in [-0.15, -0.1) is 0 Å². The van der Waals surface area contributed by atoms with E-state index in [1.807, 2.05) is 23.1 Å². The van der Waals surface area contributed by atoms with Crippen molar-refractivity contribution in [2.45, 2.75) is 25.8 Å². The zero-order valence-electron chi connectivity index (χ0n) is 10.9. The Morgan fingerprint density at radius 3 is 3.00 bits per heavy atom. The molecule has 1 fully saturated rings. The normalized spacial score (nSPS) is 23.5. The minimum Gasteiger partial charge on any atom is -0.338 e. The number of piperidine rings is 1. The molecular weight excluding hydrogens is 419 g/mol. The molecule has 104 valence electrons. The molecule has 0 radical (unpaired) electrons. The SMILES string of the molecule is CCC1CN(C(=O)c2cc(Br)ccc2I)CCC1N. The highest BCUT2D eigenvalue weighted by atomic mass is 127. The number of carbonyl (C=O) groups excluding carboxylic acids is 1. The lowest BCUT2D eigenvalue weighted by Crippen LogP contribution is -2.49. The summed E-state index contributed by atoms with van der Waals surface area (Å²) in [6, 6.07) is 6.06. The fourth-order valence-electron chi connectivity index (χ4n) is 2.50. The number of carbonyl (C=O) groups is 1. The molecule has 0 aromatic heterocycles. The van der Waals surface area contributed by atoms with Gasteiger partial charge in [0, 0.05) is 27.2 Å². The third-order valence-electron chi connectivity index (χ3n) is 3.76. The predicted octanol–water partition coefficient (Wildman–Crippen LogP) is 3.25. The molecule has 0 saturated carbocycles. The monoisotopic (exact) mass is 436 g/mol. The molecule has 1 aromatic rings. The van der Waals surface area contributed by atoms with Gasteiger partial charge in [-0.25, -0.2) is 0 Å². The Bertz CT molecular complexity index is 481. The molecule has 1 aromatic carbocycles. The number of hydrogen-bond acceptors (Lipinski definition) is 2. The maximum absolute atomic E-state index is 12.6. The highest BCUT2D eigenvalue weighted by Crippen LogP contribution is 2.24. The van der Waals surface area contributed by atoms with Crippen LogP contribution >= 0.6 is 38.5 Å². The van der Waals surface area contributed by atoms with Crippen LogP contribution in [0.1, 0.15) is 30.1 Å². The second-order valence-electron chi connectivity index (χ2n) is 5.00. The van der Waals surface area contributed by atoms with Crippen LogP contribution in [-0.2, 0) is 0 Å². The Labute approximate surface area is 136 Å². The lowest BCUT2D eigenvalue weighted by Gasteiger charge is -2.36. The molecule has 1 aliphatic rings. The molecule has 2 atom stereocenters. The number of hydrogen-bond donors (Lipinski definition) is 1. The van der Waals surface area contributed by atoms with E-state index < -0.39 is 0 Å². The number of amides is 1. The van der Waals surface area contributed by atoms with Gasteiger partial charge in [0.1, 0.15) is 0 Å². The highest BCUT2D eigenvalue weighted by molar-refractivity contribution is 14.1. The molecule has 1 aliphatic heterocycles. The quantitative estimate of drug-likeness (QED) is 0.723. The van der Waals surface area contributed by atoms with Crippen molar-refractivity contribution < 1.29 is 4.79 Å². The van der Waals surface area contributed by atoms with Crippen LogP contribution in [0.4, 0.5) is 0 Å². The zero-order valence-corrected chi connectivity index (χ0v) is 14.6. The summed E-state index contributed by atoms with van der Waals surface area (Å²) in [4.78, 5) is 14.5. The Morgan fingerprint density at radius 1 is 1.58 bits per heavy atom. The van der Waals surface area contributed by atoms with Gasteiger partial charge in [0.15, 0.2) is 0 Å². The van der Waals surface area contributed by atoms with Crippen molar-refractivity contribution in [2.75, 3.05) is 13.1 Å². The smallest absolute Gasteiger partial charge is 0.254 e. The van der Waals surface area contributed by atoms with Crippen LogP contribution in [0.3, 0.4) is 0 Å². The number of likely N-dealkylation sites (tertiary alicyclic amines) is 1. The van der Waals surface area contributed by atoms with Crippen molar-refractivity contribution in [2.24, 2.45) is 11.7 Å². The molecule has 5 heteroatoms. The number of nitrogens with two attached hydrogens (primary N) is 1. The Hall–Kier alpha value is -0.140. The molecule has 0 bridgehead atoms. The summed E-state index contributed by atoms with van der Waals surface area (Å²) >= 11 is 5.64. The highest BCUT2D eigenvalue weighted by Gasteiger charge is 2.29. The van der Waals surface area contributed by atoms with Crippen molar-refractivity contribution in [3.8, 4) is 0 Å². The van der Waals surface area contributed by atoms with Crippen molar-refractivity contribution in [1.82, 2.24) is 4.90 Å². The summed E-state index contributed by atoms with van der Waals surface area (Å²) in [6.07, 6.45) is 1.93.